The van der Waals surface area contributed by atoms with Crippen LogP contribution in [0.15, 0.2) is 39.4 Å². The summed E-state index contributed by atoms with van der Waals surface area (Å²) in [6, 6.07) is 8.01. The lowest BCUT2D eigenvalue weighted by atomic mass is 10.2. The average molecular weight is 324 g/mol. The van der Waals surface area contributed by atoms with Gasteiger partial charge >= 0.3 is 0 Å². The van der Waals surface area contributed by atoms with Crippen LogP contribution in [0, 0.1) is 6.92 Å². The van der Waals surface area contributed by atoms with Gasteiger partial charge in [-0.15, -0.1) is 0 Å². The van der Waals surface area contributed by atoms with Gasteiger partial charge in [-0.2, -0.15) is 0 Å². The third-order valence-corrected chi connectivity index (χ3v) is 3.46. The molecule has 4 heteroatoms. The normalized spacial score (nSPS) is 10.7. The number of rotatable bonds is 6. The van der Waals surface area contributed by atoms with Crippen LogP contribution in [0.25, 0.3) is 0 Å². The SMILES string of the molecule is CCNCc1occc1COc1ccc(C)cc1Br. The maximum atomic E-state index is 5.82. The molecule has 0 saturated carbocycles. The molecule has 19 heavy (non-hydrogen) atoms. The summed E-state index contributed by atoms with van der Waals surface area (Å²) in [5, 5.41) is 3.25. The van der Waals surface area contributed by atoms with Crippen LogP contribution in [0.1, 0.15) is 23.8 Å². The second kappa shape index (κ2) is 6.78. The highest BCUT2D eigenvalue weighted by Gasteiger charge is 2.08. The van der Waals surface area contributed by atoms with Crippen molar-refractivity contribution in [3.8, 4) is 5.75 Å². The second-order valence-electron chi connectivity index (χ2n) is 4.37. The predicted molar refractivity (Wildman–Crippen MR) is 79.3 cm³/mol. The monoisotopic (exact) mass is 323 g/mol. The van der Waals surface area contributed by atoms with Gasteiger partial charge in [-0.25, -0.2) is 0 Å². The van der Waals surface area contributed by atoms with Crippen LogP contribution in [-0.2, 0) is 13.2 Å². The van der Waals surface area contributed by atoms with E-state index in [9.17, 15) is 0 Å². The fraction of sp³-hybridized carbons (Fsp3) is 0.333. The Hall–Kier alpha value is -1.26. The molecule has 0 bridgehead atoms. The molecule has 0 spiro atoms. The Bertz CT molecular complexity index is 537. The summed E-state index contributed by atoms with van der Waals surface area (Å²) >= 11 is 3.51. The summed E-state index contributed by atoms with van der Waals surface area (Å²) in [5.74, 6) is 1.78. The van der Waals surface area contributed by atoms with Crippen molar-refractivity contribution in [2.24, 2.45) is 0 Å². The Kier molecular flexibility index (Phi) is 5.05. The van der Waals surface area contributed by atoms with Crippen molar-refractivity contribution in [1.29, 1.82) is 0 Å². The van der Waals surface area contributed by atoms with Gasteiger partial charge in [-0.1, -0.05) is 13.0 Å². The Labute approximate surface area is 122 Å². The number of ether oxygens (including phenoxy) is 1. The molecule has 1 aromatic heterocycles. The summed E-state index contributed by atoms with van der Waals surface area (Å²) in [7, 11) is 0. The minimum atomic E-state index is 0.513. The number of furan rings is 1. The summed E-state index contributed by atoms with van der Waals surface area (Å²) in [6.45, 7) is 6.29. The highest BCUT2D eigenvalue weighted by atomic mass is 79.9. The van der Waals surface area contributed by atoms with Crippen LogP contribution in [-0.4, -0.2) is 6.54 Å². The first-order valence-corrected chi connectivity index (χ1v) is 7.15. The molecule has 0 aliphatic carbocycles. The first-order chi connectivity index (χ1) is 9.20. The standard InChI is InChI=1S/C15H18BrNO2/c1-3-17-9-15-12(6-7-18-15)10-19-14-5-4-11(2)8-13(14)16/h4-8,17H,3,9-10H2,1-2H3. The zero-order valence-electron chi connectivity index (χ0n) is 11.2. The highest BCUT2D eigenvalue weighted by Crippen LogP contribution is 2.27. The fourth-order valence-corrected chi connectivity index (χ4v) is 2.38. The van der Waals surface area contributed by atoms with Gasteiger partial charge < -0.3 is 14.5 Å². The number of aryl methyl sites for hydroxylation is 1. The number of halogens is 1. The van der Waals surface area contributed by atoms with E-state index in [2.05, 4.69) is 35.1 Å². The van der Waals surface area contributed by atoms with Crippen LogP contribution in [0.3, 0.4) is 0 Å². The summed E-state index contributed by atoms with van der Waals surface area (Å²) < 4.78 is 12.2. The van der Waals surface area contributed by atoms with E-state index in [-0.39, 0.29) is 0 Å². The lowest BCUT2D eigenvalue weighted by Gasteiger charge is -2.09. The van der Waals surface area contributed by atoms with Crippen LogP contribution < -0.4 is 10.1 Å². The number of hydrogen-bond donors (Lipinski definition) is 1. The molecule has 102 valence electrons. The number of benzene rings is 1. The first kappa shape index (κ1) is 14.2. The molecule has 2 aromatic rings. The van der Waals surface area contributed by atoms with Gasteiger partial charge in [0.25, 0.3) is 0 Å². The fourth-order valence-electron chi connectivity index (χ4n) is 1.77. The maximum absolute atomic E-state index is 5.82. The maximum Gasteiger partial charge on any atom is 0.134 e. The first-order valence-electron chi connectivity index (χ1n) is 6.35. The van der Waals surface area contributed by atoms with Gasteiger partial charge in [-0.3, -0.25) is 0 Å². The Morgan fingerprint density at radius 2 is 2.16 bits per heavy atom. The van der Waals surface area contributed by atoms with Crippen LogP contribution in [0.2, 0.25) is 0 Å². The third kappa shape index (κ3) is 3.85. The Morgan fingerprint density at radius 3 is 2.89 bits per heavy atom. The summed E-state index contributed by atoms with van der Waals surface area (Å²) in [4.78, 5) is 0. The van der Waals surface area contributed by atoms with Gasteiger partial charge in [0.2, 0.25) is 0 Å². The average Bonchev–Trinajstić information content (AvgIpc) is 2.83. The van der Waals surface area contributed by atoms with E-state index >= 15 is 0 Å². The van der Waals surface area contributed by atoms with Gasteiger partial charge in [-0.05, 0) is 53.2 Å². The molecular formula is C15H18BrNO2. The van der Waals surface area contributed by atoms with Gasteiger partial charge in [0.15, 0.2) is 0 Å². The van der Waals surface area contributed by atoms with Crippen molar-refractivity contribution < 1.29 is 9.15 Å². The molecule has 0 atom stereocenters. The lowest BCUT2D eigenvalue weighted by molar-refractivity contribution is 0.299. The third-order valence-electron chi connectivity index (χ3n) is 2.84. The van der Waals surface area contributed by atoms with Crippen molar-refractivity contribution in [3.05, 3.63) is 51.9 Å². The Balaban J connectivity index is 2.00. The summed E-state index contributed by atoms with van der Waals surface area (Å²) in [5.41, 5.74) is 2.28. The summed E-state index contributed by atoms with van der Waals surface area (Å²) in [6.07, 6.45) is 1.70. The second-order valence-corrected chi connectivity index (χ2v) is 5.23. The van der Waals surface area contributed by atoms with E-state index in [1.54, 1.807) is 6.26 Å². The zero-order chi connectivity index (χ0) is 13.7. The molecule has 0 fully saturated rings. The molecular weight excluding hydrogens is 306 g/mol. The quantitative estimate of drug-likeness (QED) is 0.871. The topological polar surface area (TPSA) is 34.4 Å². The molecule has 0 radical (unpaired) electrons. The molecule has 0 aliphatic rings. The van der Waals surface area contributed by atoms with Crippen molar-refractivity contribution in [1.82, 2.24) is 5.32 Å². The molecule has 0 unspecified atom stereocenters. The molecule has 1 heterocycles. The van der Waals surface area contributed by atoms with E-state index in [4.69, 9.17) is 9.15 Å². The predicted octanol–water partition coefficient (Wildman–Crippen LogP) is 4.04. The van der Waals surface area contributed by atoms with E-state index in [0.29, 0.717) is 6.61 Å². The lowest BCUT2D eigenvalue weighted by Crippen LogP contribution is -2.12. The van der Waals surface area contributed by atoms with Crippen molar-refractivity contribution in [2.75, 3.05) is 6.54 Å². The number of hydrogen-bond acceptors (Lipinski definition) is 3. The van der Waals surface area contributed by atoms with Crippen molar-refractivity contribution in [3.63, 3.8) is 0 Å². The van der Waals surface area contributed by atoms with Crippen LogP contribution >= 0.6 is 15.9 Å². The Morgan fingerprint density at radius 1 is 1.32 bits per heavy atom. The van der Waals surface area contributed by atoms with E-state index in [0.717, 1.165) is 34.6 Å². The van der Waals surface area contributed by atoms with Gasteiger partial charge in [0, 0.05) is 5.56 Å². The van der Waals surface area contributed by atoms with Crippen LogP contribution in [0.5, 0.6) is 5.75 Å². The minimum Gasteiger partial charge on any atom is -0.488 e. The van der Waals surface area contributed by atoms with E-state index in [1.807, 2.05) is 24.3 Å². The molecule has 3 nitrogen and oxygen atoms in total. The van der Waals surface area contributed by atoms with Gasteiger partial charge in [0.1, 0.15) is 18.1 Å². The smallest absolute Gasteiger partial charge is 0.134 e. The molecule has 0 amide bonds. The minimum absolute atomic E-state index is 0.513. The molecule has 1 N–H and O–H groups in total. The van der Waals surface area contributed by atoms with Gasteiger partial charge in [0.05, 0.1) is 17.3 Å². The largest absolute Gasteiger partial charge is 0.488 e. The highest BCUT2D eigenvalue weighted by molar-refractivity contribution is 9.10. The van der Waals surface area contributed by atoms with E-state index in [1.165, 1.54) is 5.56 Å². The van der Waals surface area contributed by atoms with E-state index < -0.39 is 0 Å². The molecule has 2 rings (SSSR count). The van der Waals surface area contributed by atoms with Crippen molar-refractivity contribution in [2.45, 2.75) is 27.0 Å². The zero-order valence-corrected chi connectivity index (χ0v) is 12.8. The molecule has 0 saturated heterocycles. The van der Waals surface area contributed by atoms with Crippen molar-refractivity contribution >= 4 is 15.9 Å². The number of nitrogens with one attached hydrogen (secondary N) is 1. The molecule has 0 aliphatic heterocycles. The van der Waals surface area contributed by atoms with Crippen LogP contribution in [0.4, 0.5) is 0 Å². The molecule has 1 aromatic carbocycles.